The van der Waals surface area contributed by atoms with E-state index in [0.717, 1.165) is 9.13 Å². The van der Waals surface area contributed by atoms with Gasteiger partial charge in [-0.05, 0) is 88.6 Å². The Morgan fingerprint density at radius 1 is 1.33 bits per heavy atom. The smallest absolute Gasteiger partial charge is 0.277 e. The third kappa shape index (κ3) is 5.59. The Kier molecular flexibility index (Phi) is 7.95. The highest BCUT2D eigenvalue weighted by atomic mass is 127. The largest absolute Gasteiger partial charge is 0.396 e. The number of carbonyl (C=O) groups is 1. The molecule has 0 aliphatic carbocycles. The van der Waals surface area contributed by atoms with Crippen LogP contribution in [0.25, 0.3) is 0 Å². The number of halogens is 4. The lowest BCUT2D eigenvalue weighted by Gasteiger charge is -2.17. The second-order valence-corrected chi connectivity index (χ2v) is 7.97. The number of aliphatic hydroxyl groups is 1. The van der Waals surface area contributed by atoms with Crippen LogP contribution in [-0.2, 0) is 4.84 Å². The first-order valence-electron chi connectivity index (χ1n) is 8.02. The topological polar surface area (TPSA) is 70.6 Å². The van der Waals surface area contributed by atoms with Gasteiger partial charge < -0.3 is 10.4 Å². The molecule has 5 nitrogen and oxygen atoms in total. The molecular weight excluding hydrogens is 537 g/mol. The maximum Gasteiger partial charge on any atom is 0.277 e. The minimum atomic E-state index is -1.18. The quantitative estimate of drug-likeness (QED) is 0.261. The molecule has 0 radical (unpaired) electrons. The van der Waals surface area contributed by atoms with Crippen LogP contribution in [0.2, 0.25) is 0 Å². The van der Waals surface area contributed by atoms with Crippen LogP contribution in [-0.4, -0.2) is 23.7 Å². The Hall–Kier alpha value is -1.30. The highest BCUT2D eigenvalue weighted by Gasteiger charge is 2.23. The lowest BCUT2D eigenvalue weighted by molar-refractivity contribution is -0.0168. The summed E-state index contributed by atoms with van der Waals surface area (Å²) in [6.07, 6.45) is -0.128. The molecule has 0 spiro atoms. The molecule has 146 valence electrons. The molecule has 0 saturated heterocycles. The number of hydrogen-bond donors (Lipinski definition) is 3. The molecule has 0 aromatic heterocycles. The number of hydroxylamine groups is 1. The molecule has 1 amide bonds. The Morgan fingerprint density at radius 3 is 2.67 bits per heavy atom. The Bertz CT molecular complexity index is 852. The molecule has 0 aliphatic rings. The van der Waals surface area contributed by atoms with Crippen molar-refractivity contribution in [2.24, 2.45) is 0 Å². The van der Waals surface area contributed by atoms with Gasteiger partial charge in [0.15, 0.2) is 11.6 Å². The number of nitrogens with one attached hydrogen (secondary N) is 2. The zero-order valence-electron chi connectivity index (χ0n) is 14.6. The first kappa shape index (κ1) is 22.0. The molecule has 1 unspecified atom stereocenters. The maximum absolute atomic E-state index is 14.6. The van der Waals surface area contributed by atoms with Gasteiger partial charge >= 0.3 is 0 Å². The molecule has 0 saturated carbocycles. The second kappa shape index (κ2) is 9.76. The van der Waals surface area contributed by atoms with Crippen molar-refractivity contribution in [3.8, 4) is 0 Å². The summed E-state index contributed by atoms with van der Waals surface area (Å²) in [4.78, 5) is 17.6. The Labute approximate surface area is 177 Å². The normalized spacial score (nSPS) is 12.0. The standard InChI is InChI=1S/C18H18BrF2IN2O3/c1-9-7-11(22)3-4-14(9)23-17-12(8-13(19)15(20)16(17)21)18(26)24-27-10(2)5-6-25/h3-4,7-8,10,23,25H,5-6H2,1-2H3,(H,24,26). The van der Waals surface area contributed by atoms with Gasteiger partial charge in [0, 0.05) is 15.9 Å². The van der Waals surface area contributed by atoms with Gasteiger partial charge in [-0.2, -0.15) is 0 Å². The van der Waals surface area contributed by atoms with E-state index in [-0.39, 0.29) is 22.3 Å². The summed E-state index contributed by atoms with van der Waals surface area (Å²) in [5.41, 5.74) is 3.13. The number of carbonyl (C=O) groups excluding carboxylic acids is 1. The van der Waals surface area contributed by atoms with E-state index in [2.05, 4.69) is 49.3 Å². The van der Waals surface area contributed by atoms with E-state index >= 15 is 0 Å². The van der Waals surface area contributed by atoms with Crippen molar-refractivity contribution in [2.75, 3.05) is 11.9 Å². The molecular formula is C18H18BrF2IN2O3. The van der Waals surface area contributed by atoms with Crippen molar-refractivity contribution in [3.63, 3.8) is 0 Å². The van der Waals surface area contributed by atoms with E-state index in [1.165, 1.54) is 6.07 Å². The fourth-order valence-corrected chi connectivity index (χ4v) is 3.30. The van der Waals surface area contributed by atoms with Crippen molar-refractivity contribution in [2.45, 2.75) is 26.4 Å². The van der Waals surface area contributed by atoms with Gasteiger partial charge in [0.1, 0.15) is 0 Å². The Balaban J connectivity index is 2.37. The van der Waals surface area contributed by atoms with Gasteiger partial charge in [-0.1, -0.05) is 0 Å². The monoisotopic (exact) mass is 554 g/mol. The second-order valence-electron chi connectivity index (χ2n) is 5.87. The lowest BCUT2D eigenvalue weighted by Crippen LogP contribution is -2.29. The molecule has 27 heavy (non-hydrogen) atoms. The number of aliphatic hydroxyl groups excluding tert-OH is 1. The molecule has 1 atom stereocenters. The number of hydrogen-bond acceptors (Lipinski definition) is 4. The first-order valence-corrected chi connectivity index (χ1v) is 9.89. The van der Waals surface area contributed by atoms with Gasteiger partial charge in [0.25, 0.3) is 5.91 Å². The highest BCUT2D eigenvalue weighted by Crippen LogP contribution is 2.32. The highest BCUT2D eigenvalue weighted by molar-refractivity contribution is 14.1. The summed E-state index contributed by atoms with van der Waals surface area (Å²) in [6, 6.07) is 6.58. The number of amides is 1. The minimum Gasteiger partial charge on any atom is -0.396 e. The van der Waals surface area contributed by atoms with E-state index in [1.54, 1.807) is 13.0 Å². The predicted octanol–water partition coefficient (Wildman–Crippen LogP) is 4.82. The lowest BCUT2D eigenvalue weighted by atomic mass is 10.1. The van der Waals surface area contributed by atoms with Crippen molar-refractivity contribution >= 4 is 55.8 Å². The van der Waals surface area contributed by atoms with Crippen LogP contribution in [0, 0.1) is 22.1 Å². The molecule has 2 rings (SSSR count). The zero-order valence-corrected chi connectivity index (χ0v) is 18.3. The average molecular weight is 555 g/mol. The summed E-state index contributed by atoms with van der Waals surface area (Å²) in [7, 11) is 0. The first-order chi connectivity index (χ1) is 12.7. The van der Waals surface area contributed by atoms with Crippen LogP contribution < -0.4 is 10.8 Å². The van der Waals surface area contributed by atoms with Crippen molar-refractivity contribution in [1.82, 2.24) is 5.48 Å². The number of benzene rings is 2. The fraction of sp³-hybridized carbons (Fsp3) is 0.278. The molecule has 9 heteroatoms. The van der Waals surface area contributed by atoms with Crippen LogP contribution in [0.3, 0.4) is 0 Å². The van der Waals surface area contributed by atoms with Crippen LogP contribution in [0.15, 0.2) is 28.7 Å². The van der Waals surface area contributed by atoms with Crippen LogP contribution in [0.1, 0.15) is 29.3 Å². The van der Waals surface area contributed by atoms with Gasteiger partial charge in [-0.3, -0.25) is 9.63 Å². The van der Waals surface area contributed by atoms with Crippen LogP contribution >= 0.6 is 38.5 Å². The Morgan fingerprint density at radius 2 is 2.04 bits per heavy atom. The number of anilines is 2. The molecule has 3 N–H and O–H groups in total. The van der Waals surface area contributed by atoms with Crippen molar-refractivity contribution in [1.29, 1.82) is 0 Å². The molecule has 2 aromatic rings. The third-order valence-electron chi connectivity index (χ3n) is 3.74. The summed E-state index contributed by atoms with van der Waals surface area (Å²) in [6.45, 7) is 3.37. The summed E-state index contributed by atoms with van der Waals surface area (Å²) < 4.78 is 29.4. The maximum atomic E-state index is 14.6. The van der Waals surface area contributed by atoms with E-state index in [4.69, 9.17) is 9.94 Å². The summed E-state index contributed by atoms with van der Waals surface area (Å²) in [5, 5.41) is 11.7. The zero-order chi connectivity index (χ0) is 20.1. The third-order valence-corrected chi connectivity index (χ3v) is 4.99. The minimum absolute atomic E-state index is 0.105. The number of rotatable bonds is 7. The fourth-order valence-electron chi connectivity index (χ4n) is 2.25. The molecule has 0 aliphatic heterocycles. The van der Waals surface area contributed by atoms with Crippen molar-refractivity contribution < 1.29 is 23.5 Å². The van der Waals surface area contributed by atoms with Gasteiger partial charge in [-0.25, -0.2) is 14.3 Å². The van der Waals surface area contributed by atoms with Crippen LogP contribution in [0.5, 0.6) is 0 Å². The van der Waals surface area contributed by atoms with E-state index < -0.39 is 23.6 Å². The molecule has 0 fully saturated rings. The van der Waals surface area contributed by atoms with Gasteiger partial charge in [0.2, 0.25) is 0 Å². The van der Waals surface area contributed by atoms with Gasteiger partial charge in [0.05, 0.1) is 21.8 Å². The van der Waals surface area contributed by atoms with Gasteiger partial charge in [-0.15, -0.1) is 0 Å². The predicted molar refractivity (Wildman–Crippen MR) is 111 cm³/mol. The van der Waals surface area contributed by atoms with Crippen molar-refractivity contribution in [3.05, 3.63) is 55.1 Å². The summed E-state index contributed by atoms with van der Waals surface area (Å²) >= 11 is 5.06. The van der Waals surface area contributed by atoms with E-state index in [0.29, 0.717) is 12.1 Å². The molecule has 2 aromatic carbocycles. The molecule has 0 bridgehead atoms. The summed E-state index contributed by atoms with van der Waals surface area (Å²) in [5.74, 6) is -3.03. The van der Waals surface area contributed by atoms with Crippen LogP contribution in [0.4, 0.5) is 20.2 Å². The average Bonchev–Trinajstić information content (AvgIpc) is 2.62. The SMILES string of the molecule is Cc1cc(I)ccc1Nc1c(C(=O)NOC(C)CCO)cc(Br)c(F)c1F. The molecule has 0 heterocycles. The number of aryl methyl sites for hydroxylation is 1. The van der Waals surface area contributed by atoms with E-state index in [1.807, 2.05) is 19.1 Å². The van der Waals surface area contributed by atoms with E-state index in [9.17, 15) is 13.6 Å².